The summed E-state index contributed by atoms with van der Waals surface area (Å²) in [7, 11) is 6.23. The van der Waals surface area contributed by atoms with Crippen LogP contribution in [0, 0.1) is 0 Å². The van der Waals surface area contributed by atoms with Crippen molar-refractivity contribution in [3.63, 3.8) is 0 Å². The summed E-state index contributed by atoms with van der Waals surface area (Å²) in [6.07, 6.45) is -0.396. The number of aliphatic hydroxyl groups excluding tert-OH is 1. The average molecular weight is 168 g/mol. The summed E-state index contributed by atoms with van der Waals surface area (Å²) in [5.74, 6) is 0. The number of rotatable bonds is 2. The van der Waals surface area contributed by atoms with Gasteiger partial charge in [0.2, 0.25) is 0 Å². The van der Waals surface area contributed by atoms with Crippen LogP contribution in [0.1, 0.15) is 0 Å². The van der Waals surface area contributed by atoms with Crippen LogP contribution in [0.25, 0.3) is 0 Å². The van der Waals surface area contributed by atoms with E-state index in [0.29, 0.717) is 0 Å². The predicted molar refractivity (Wildman–Crippen MR) is 33.8 cm³/mol. The first-order valence-corrected chi connectivity index (χ1v) is 3.13. The topological polar surface area (TPSA) is 32.8 Å². The lowest BCUT2D eigenvalue weighted by Gasteiger charge is -2.22. The highest BCUT2D eigenvalue weighted by atomic mass is 35.5. The van der Waals surface area contributed by atoms with Crippen LogP contribution in [-0.2, 0) is 4.74 Å². The van der Waals surface area contributed by atoms with E-state index in [1.807, 2.05) is 0 Å². The molecule has 1 N–H and O–H groups in total. The fraction of sp³-hybridized carbons (Fsp3) is 1.00. The van der Waals surface area contributed by atoms with Crippen LogP contribution in [0.15, 0.2) is 0 Å². The van der Waals surface area contributed by atoms with Gasteiger partial charge in [0, 0.05) is 0 Å². The van der Waals surface area contributed by atoms with E-state index in [9.17, 15) is 0 Å². The van der Waals surface area contributed by atoms with Crippen molar-refractivity contribution >= 4 is 0 Å². The van der Waals surface area contributed by atoms with Gasteiger partial charge in [0.15, 0.2) is 12.4 Å². The first-order valence-electron chi connectivity index (χ1n) is 3.13. The fourth-order valence-corrected chi connectivity index (χ4v) is 0.807. The molecule has 0 radical (unpaired) electrons. The predicted octanol–water partition coefficient (Wildman–Crippen LogP) is -3.59. The second-order valence-electron chi connectivity index (χ2n) is 3.54. The summed E-state index contributed by atoms with van der Waals surface area (Å²) in [5.41, 5.74) is 0. The third-order valence-corrected chi connectivity index (χ3v) is 1.28. The number of quaternary nitrogens is 1. The maximum Gasteiger partial charge on any atom is 0.187 e. The van der Waals surface area contributed by atoms with Crippen molar-refractivity contribution in [1.29, 1.82) is 0 Å². The van der Waals surface area contributed by atoms with Gasteiger partial charge in [0.1, 0.15) is 6.54 Å². The van der Waals surface area contributed by atoms with Crippen LogP contribution in [0.3, 0.4) is 0 Å². The van der Waals surface area contributed by atoms with E-state index in [0.717, 1.165) is 11.0 Å². The van der Waals surface area contributed by atoms with Gasteiger partial charge in [-0.15, -0.1) is 0 Å². The maximum absolute atomic E-state index is 8.76. The van der Waals surface area contributed by atoms with E-state index in [1.54, 1.807) is 0 Å². The van der Waals surface area contributed by atoms with Crippen molar-refractivity contribution < 1.29 is 26.7 Å². The number of epoxide rings is 1. The largest absolute Gasteiger partial charge is 1.00 e. The summed E-state index contributed by atoms with van der Waals surface area (Å²) in [6, 6.07) is 0. The fourth-order valence-electron chi connectivity index (χ4n) is 0.807. The van der Waals surface area contributed by atoms with E-state index < -0.39 is 6.29 Å². The standard InChI is InChI=1S/C6H14NO2.ClH/c1-7(2,3)4-5-6(8)9-5;/h5-6,8H,4H2,1-3H3;1H/q+1;/p-1. The zero-order valence-electron chi connectivity index (χ0n) is 6.54. The van der Waals surface area contributed by atoms with Crippen LogP contribution >= 0.6 is 0 Å². The molecule has 1 heterocycles. The number of hydrogen-bond donors (Lipinski definition) is 1. The van der Waals surface area contributed by atoms with Crippen molar-refractivity contribution in [2.75, 3.05) is 27.7 Å². The van der Waals surface area contributed by atoms with Gasteiger partial charge in [-0.05, 0) is 0 Å². The molecule has 0 spiro atoms. The first kappa shape index (κ1) is 10.2. The Kier molecular flexibility index (Phi) is 3.10. The number of halogens is 1. The van der Waals surface area contributed by atoms with Crippen molar-refractivity contribution in [2.45, 2.75) is 12.4 Å². The Morgan fingerprint density at radius 2 is 1.80 bits per heavy atom. The molecular weight excluding hydrogens is 154 g/mol. The monoisotopic (exact) mass is 167 g/mol. The molecule has 0 aromatic heterocycles. The van der Waals surface area contributed by atoms with Gasteiger partial charge in [0.25, 0.3) is 0 Å². The summed E-state index contributed by atoms with van der Waals surface area (Å²) in [5, 5.41) is 8.76. The summed E-state index contributed by atoms with van der Waals surface area (Å²) >= 11 is 0. The normalized spacial score (nSPS) is 31.2. The zero-order chi connectivity index (χ0) is 7.07. The third-order valence-electron chi connectivity index (χ3n) is 1.28. The molecule has 1 rings (SSSR count). The lowest BCUT2D eigenvalue weighted by atomic mass is 10.4. The van der Waals surface area contributed by atoms with Crippen molar-refractivity contribution in [2.24, 2.45) is 0 Å². The minimum atomic E-state index is -0.484. The molecule has 2 unspecified atom stereocenters. The van der Waals surface area contributed by atoms with E-state index in [-0.39, 0.29) is 18.5 Å². The molecule has 1 aliphatic rings. The molecule has 0 aromatic rings. The number of hydrogen-bond acceptors (Lipinski definition) is 2. The highest BCUT2D eigenvalue weighted by Crippen LogP contribution is 2.20. The molecule has 0 bridgehead atoms. The van der Waals surface area contributed by atoms with Crippen molar-refractivity contribution in [3.05, 3.63) is 0 Å². The smallest absolute Gasteiger partial charge is 0.187 e. The molecule has 0 amide bonds. The molecule has 0 aromatic carbocycles. The number of aliphatic hydroxyl groups is 1. The summed E-state index contributed by atoms with van der Waals surface area (Å²) < 4.78 is 5.68. The van der Waals surface area contributed by atoms with Crippen LogP contribution in [0.4, 0.5) is 0 Å². The lowest BCUT2D eigenvalue weighted by Crippen LogP contribution is -3.00. The van der Waals surface area contributed by atoms with Crippen molar-refractivity contribution in [1.82, 2.24) is 0 Å². The van der Waals surface area contributed by atoms with Crippen LogP contribution in [-0.4, -0.2) is 49.7 Å². The number of ether oxygens (including phenoxy) is 1. The van der Waals surface area contributed by atoms with Gasteiger partial charge in [-0.2, -0.15) is 0 Å². The highest BCUT2D eigenvalue weighted by Gasteiger charge is 2.41. The average Bonchev–Trinajstić information content (AvgIpc) is 2.13. The molecule has 0 aliphatic carbocycles. The van der Waals surface area contributed by atoms with Crippen LogP contribution in [0.2, 0.25) is 0 Å². The molecule has 0 saturated carbocycles. The molecule has 1 aliphatic heterocycles. The van der Waals surface area contributed by atoms with Gasteiger partial charge in [-0.25, -0.2) is 0 Å². The lowest BCUT2D eigenvalue weighted by molar-refractivity contribution is -0.871. The van der Waals surface area contributed by atoms with E-state index in [2.05, 4.69) is 21.1 Å². The Balaban J connectivity index is 0.000000810. The van der Waals surface area contributed by atoms with Gasteiger partial charge < -0.3 is 26.7 Å². The molecular formula is C6H14ClNO2. The maximum atomic E-state index is 8.76. The second-order valence-corrected chi connectivity index (χ2v) is 3.54. The van der Waals surface area contributed by atoms with Gasteiger partial charge in [-0.3, -0.25) is 0 Å². The molecule has 62 valence electrons. The SMILES string of the molecule is C[N+](C)(C)CC1OC1O.[Cl-]. The van der Waals surface area contributed by atoms with Crippen molar-refractivity contribution in [3.8, 4) is 0 Å². The van der Waals surface area contributed by atoms with E-state index >= 15 is 0 Å². The Bertz CT molecular complexity index is 113. The number of nitrogens with zero attached hydrogens (tertiary/aromatic N) is 1. The molecule has 2 atom stereocenters. The van der Waals surface area contributed by atoms with Crippen LogP contribution < -0.4 is 12.4 Å². The zero-order valence-corrected chi connectivity index (χ0v) is 7.30. The molecule has 1 fully saturated rings. The Morgan fingerprint density at radius 3 is 1.90 bits per heavy atom. The number of likely N-dealkylation sites (N-methyl/N-ethyl adjacent to an activating group) is 1. The quantitative estimate of drug-likeness (QED) is 0.341. The summed E-state index contributed by atoms with van der Waals surface area (Å²) in [4.78, 5) is 0. The van der Waals surface area contributed by atoms with E-state index in [1.165, 1.54) is 0 Å². The minimum absolute atomic E-state index is 0. The molecule has 10 heavy (non-hydrogen) atoms. The molecule has 1 saturated heterocycles. The summed E-state index contributed by atoms with van der Waals surface area (Å²) in [6.45, 7) is 0.890. The highest BCUT2D eigenvalue weighted by molar-refractivity contribution is 4.73. The Hall–Kier alpha value is 0.170. The Morgan fingerprint density at radius 1 is 1.40 bits per heavy atom. The van der Waals surface area contributed by atoms with Gasteiger partial charge in [0.05, 0.1) is 21.1 Å². The second kappa shape index (κ2) is 3.05. The first-order chi connectivity index (χ1) is 3.99. The molecule has 4 heteroatoms. The molecule has 3 nitrogen and oxygen atoms in total. The Labute approximate surface area is 67.6 Å². The minimum Gasteiger partial charge on any atom is -1.00 e. The van der Waals surface area contributed by atoms with Gasteiger partial charge in [-0.1, -0.05) is 0 Å². The third kappa shape index (κ3) is 3.37. The van der Waals surface area contributed by atoms with Crippen LogP contribution in [0.5, 0.6) is 0 Å². The van der Waals surface area contributed by atoms with Gasteiger partial charge >= 0.3 is 0 Å². The van der Waals surface area contributed by atoms with E-state index in [4.69, 9.17) is 9.84 Å².